The molecule has 1 heterocycles. The Hall–Kier alpha value is -0.513. The average molecular weight is 286 g/mol. The highest BCUT2D eigenvalue weighted by atomic mass is 32.2. The Morgan fingerprint density at radius 1 is 1.47 bits per heavy atom. The quantitative estimate of drug-likeness (QED) is 0.610. The fourth-order valence-electron chi connectivity index (χ4n) is 1.03. The lowest BCUT2D eigenvalue weighted by Crippen LogP contribution is -2.30. The van der Waals surface area contributed by atoms with Gasteiger partial charge in [-0.25, -0.2) is 0 Å². The van der Waals surface area contributed by atoms with E-state index in [1.807, 2.05) is 0 Å². The number of aromatic nitrogens is 1. The lowest BCUT2D eigenvalue weighted by atomic mass is 10.4. The maximum atomic E-state index is 9.17. The number of nitrogens with zero attached hydrogens (tertiary/aromatic N) is 2. The molecule has 0 aromatic carbocycles. The molecule has 0 amide bonds. The summed E-state index contributed by atoms with van der Waals surface area (Å²) in [5.74, 6) is 0.517. The van der Waals surface area contributed by atoms with Gasteiger partial charge >= 0.3 is 0 Å². The van der Waals surface area contributed by atoms with E-state index >= 15 is 0 Å². The minimum absolute atomic E-state index is 0.451. The van der Waals surface area contributed by atoms with Crippen LogP contribution in [0.1, 0.15) is 19.4 Å². The van der Waals surface area contributed by atoms with Crippen molar-refractivity contribution in [3.05, 3.63) is 5.56 Å². The topological polar surface area (TPSA) is 45.9 Å². The zero-order valence-electron chi connectivity index (χ0n) is 10.9. The van der Waals surface area contributed by atoms with Crippen LogP contribution in [0, 0.1) is 11.3 Å². The van der Waals surface area contributed by atoms with Gasteiger partial charge in [-0.15, -0.1) is 11.8 Å². The molecule has 0 fully saturated rings. The van der Waals surface area contributed by atoms with E-state index < -0.39 is 8.07 Å². The molecule has 0 unspecified atom stereocenters. The second kappa shape index (κ2) is 5.89. The van der Waals surface area contributed by atoms with Crippen LogP contribution >= 0.6 is 23.3 Å². The first-order chi connectivity index (χ1) is 7.83. The van der Waals surface area contributed by atoms with Gasteiger partial charge in [0.05, 0.1) is 14.3 Å². The van der Waals surface area contributed by atoms with E-state index in [-0.39, 0.29) is 0 Å². The molecule has 0 radical (unpaired) electrons. The van der Waals surface area contributed by atoms with Gasteiger partial charge in [0.25, 0.3) is 0 Å². The van der Waals surface area contributed by atoms with Crippen LogP contribution in [0.2, 0.25) is 19.6 Å². The van der Waals surface area contributed by atoms with Gasteiger partial charge < -0.3 is 4.74 Å². The van der Waals surface area contributed by atoms with Crippen LogP contribution in [0.15, 0.2) is 4.21 Å². The third-order valence-corrected chi connectivity index (χ3v) is 4.77. The van der Waals surface area contributed by atoms with Crippen LogP contribution < -0.4 is 4.74 Å². The van der Waals surface area contributed by atoms with Crippen LogP contribution in [-0.4, -0.2) is 23.9 Å². The Morgan fingerprint density at radius 3 is 2.59 bits per heavy atom. The normalized spacial score (nSPS) is 11.6. The van der Waals surface area contributed by atoms with Gasteiger partial charge in [-0.05, 0) is 11.5 Å². The molecule has 3 nitrogen and oxygen atoms in total. The van der Waals surface area contributed by atoms with E-state index in [2.05, 4.69) is 43.9 Å². The maximum Gasteiger partial charge on any atom is 0.244 e. The Bertz CT molecular complexity index is 418. The summed E-state index contributed by atoms with van der Waals surface area (Å²) in [4.78, 5) is 0. The van der Waals surface area contributed by atoms with Crippen molar-refractivity contribution >= 4 is 31.4 Å². The van der Waals surface area contributed by atoms with Crippen molar-refractivity contribution in [2.24, 2.45) is 0 Å². The van der Waals surface area contributed by atoms with Crippen LogP contribution in [0.4, 0.5) is 0 Å². The smallest absolute Gasteiger partial charge is 0.244 e. The number of rotatable bonds is 5. The van der Waals surface area contributed by atoms with Crippen molar-refractivity contribution in [2.75, 3.05) is 6.23 Å². The molecule has 0 bridgehead atoms. The highest BCUT2D eigenvalue weighted by molar-refractivity contribution is 8.01. The van der Waals surface area contributed by atoms with Crippen LogP contribution in [0.3, 0.4) is 0 Å². The number of hydrogen-bond donors (Lipinski definition) is 0. The van der Waals surface area contributed by atoms with Gasteiger partial charge in [-0.2, -0.15) is 9.64 Å². The molecule has 0 aliphatic heterocycles. The molecule has 94 valence electrons. The van der Waals surface area contributed by atoms with E-state index in [0.717, 1.165) is 4.21 Å². The number of thioether (sulfide) groups is 1. The van der Waals surface area contributed by atoms with E-state index in [4.69, 9.17) is 10.00 Å². The minimum Gasteiger partial charge on any atom is -0.480 e. The van der Waals surface area contributed by atoms with Crippen molar-refractivity contribution < 1.29 is 4.74 Å². The Balaban J connectivity index is 2.81. The highest BCUT2D eigenvalue weighted by Crippen LogP contribution is 2.35. The monoisotopic (exact) mass is 286 g/mol. The van der Waals surface area contributed by atoms with Crippen molar-refractivity contribution in [3.63, 3.8) is 0 Å². The lowest BCUT2D eigenvalue weighted by Gasteiger charge is -2.15. The predicted octanol–water partition coefficient (Wildman–Crippen LogP) is 3.77. The second-order valence-electron chi connectivity index (χ2n) is 5.28. The Labute approximate surface area is 112 Å². The van der Waals surface area contributed by atoms with Crippen molar-refractivity contribution in [1.82, 2.24) is 4.37 Å². The second-order valence-corrected chi connectivity index (χ2v) is 13.3. The summed E-state index contributed by atoms with van der Waals surface area (Å²) in [6.07, 6.45) is 0.706. The van der Waals surface area contributed by atoms with Crippen LogP contribution in [-0.2, 0) is 0 Å². The molecule has 1 aromatic heterocycles. The summed E-state index contributed by atoms with van der Waals surface area (Å²) in [6, 6.07) is 2.20. The van der Waals surface area contributed by atoms with Gasteiger partial charge in [-0.3, -0.25) is 0 Å². The molecule has 0 saturated heterocycles. The molecule has 0 saturated carbocycles. The molecular weight excluding hydrogens is 268 g/mol. The number of hydrogen-bond acceptors (Lipinski definition) is 5. The van der Waals surface area contributed by atoms with E-state index in [9.17, 15) is 0 Å². The Kier molecular flexibility index (Phi) is 5.04. The first-order valence-electron chi connectivity index (χ1n) is 5.52. The highest BCUT2D eigenvalue weighted by Gasteiger charge is 2.20. The first-order valence-corrected chi connectivity index (χ1v) is 10.9. The standard InChI is InChI=1S/C11H18N2OS2Si/c1-8(2)15-11-9(6-12)10(13-16-11)14-7-17(3,4)5/h8H,7H2,1-5H3. The molecule has 0 aliphatic rings. The molecule has 0 spiro atoms. The van der Waals surface area contributed by atoms with Gasteiger partial charge in [0.1, 0.15) is 15.8 Å². The predicted molar refractivity (Wildman–Crippen MR) is 76.7 cm³/mol. The first kappa shape index (κ1) is 14.5. The average Bonchev–Trinajstić information content (AvgIpc) is 2.55. The zero-order chi connectivity index (χ0) is 13.1. The fourth-order valence-corrected chi connectivity index (χ4v) is 3.68. The summed E-state index contributed by atoms with van der Waals surface area (Å²) >= 11 is 3.03. The maximum absolute atomic E-state index is 9.17. The van der Waals surface area contributed by atoms with E-state index in [0.29, 0.717) is 22.9 Å². The molecule has 1 rings (SSSR count). The number of ether oxygens (including phenoxy) is 1. The van der Waals surface area contributed by atoms with Gasteiger partial charge in [0.15, 0.2) is 0 Å². The summed E-state index contributed by atoms with van der Waals surface area (Å²) in [5, 5.41) is 9.62. The summed E-state index contributed by atoms with van der Waals surface area (Å²) in [5.41, 5.74) is 0.604. The van der Waals surface area contributed by atoms with Gasteiger partial charge in [-0.1, -0.05) is 33.5 Å². The molecule has 0 atom stereocenters. The zero-order valence-corrected chi connectivity index (χ0v) is 13.5. The van der Waals surface area contributed by atoms with Gasteiger partial charge in [0.2, 0.25) is 5.88 Å². The summed E-state index contributed by atoms with van der Waals surface area (Å²) in [7, 11) is -1.27. The lowest BCUT2D eigenvalue weighted by molar-refractivity contribution is 0.365. The third kappa shape index (κ3) is 4.70. The van der Waals surface area contributed by atoms with Gasteiger partial charge in [0, 0.05) is 5.25 Å². The van der Waals surface area contributed by atoms with Crippen LogP contribution in [0.25, 0.3) is 0 Å². The molecule has 0 aliphatic carbocycles. The van der Waals surface area contributed by atoms with Crippen molar-refractivity contribution in [1.29, 1.82) is 5.26 Å². The minimum atomic E-state index is -1.27. The van der Waals surface area contributed by atoms with E-state index in [1.165, 1.54) is 11.5 Å². The molecule has 17 heavy (non-hydrogen) atoms. The van der Waals surface area contributed by atoms with Crippen molar-refractivity contribution in [3.8, 4) is 11.9 Å². The molecule has 1 aromatic rings. The molecule has 0 N–H and O–H groups in total. The molecular formula is C11H18N2OS2Si. The summed E-state index contributed by atoms with van der Waals surface area (Å²) in [6.45, 7) is 10.9. The van der Waals surface area contributed by atoms with E-state index in [1.54, 1.807) is 11.8 Å². The number of nitriles is 1. The molecule has 6 heteroatoms. The van der Waals surface area contributed by atoms with Crippen molar-refractivity contribution in [2.45, 2.75) is 42.9 Å². The fraction of sp³-hybridized carbons (Fsp3) is 0.636. The SMILES string of the molecule is CC(C)Sc1snc(OC[Si](C)(C)C)c1C#N. The Morgan fingerprint density at radius 2 is 2.12 bits per heavy atom. The van der Waals surface area contributed by atoms with Crippen LogP contribution in [0.5, 0.6) is 5.88 Å². The largest absolute Gasteiger partial charge is 0.480 e. The summed E-state index contributed by atoms with van der Waals surface area (Å²) < 4.78 is 10.9. The third-order valence-electron chi connectivity index (χ3n) is 1.73.